The molecule has 2 atom stereocenters. The summed E-state index contributed by atoms with van der Waals surface area (Å²) >= 11 is 2.05. The van der Waals surface area contributed by atoms with Gasteiger partial charge in [-0.05, 0) is 78.1 Å². The van der Waals surface area contributed by atoms with Gasteiger partial charge in [-0.15, -0.1) is 0 Å². The molecule has 0 saturated carbocycles. The zero-order valence-electron chi connectivity index (χ0n) is 19.9. The number of benzene rings is 3. The first-order valence-corrected chi connectivity index (χ1v) is 12.4. The monoisotopic (exact) mass is 615 g/mol. The molecule has 10 heteroatoms. The summed E-state index contributed by atoms with van der Waals surface area (Å²) in [5.74, 6) is -1.29. The molecule has 3 rings (SSSR count). The van der Waals surface area contributed by atoms with E-state index in [1.165, 1.54) is 18.2 Å². The van der Waals surface area contributed by atoms with Crippen molar-refractivity contribution >= 4 is 51.9 Å². The molecular formula is C27H26IN3O6. The number of nitrogen functional groups attached to an aromatic ring is 1. The van der Waals surface area contributed by atoms with Gasteiger partial charge < -0.3 is 25.6 Å². The number of rotatable bonds is 9. The van der Waals surface area contributed by atoms with E-state index in [4.69, 9.17) is 15.2 Å². The molecule has 0 radical (unpaired) electrons. The first-order chi connectivity index (χ1) is 17.8. The minimum atomic E-state index is -1.19. The Morgan fingerprint density at radius 3 is 2.46 bits per heavy atom. The highest BCUT2D eigenvalue weighted by atomic mass is 127. The second-order valence-corrected chi connectivity index (χ2v) is 8.95. The quantitative estimate of drug-likeness (QED) is 0.154. The molecule has 0 aromatic heterocycles. The predicted octanol–water partition coefficient (Wildman–Crippen LogP) is 4.79. The molecule has 0 saturated heterocycles. The molecule has 9 nitrogen and oxygen atoms in total. The second kappa shape index (κ2) is 13.4. The average molecular weight is 615 g/mol. The Hall–Kier alpha value is -3.90. The Labute approximate surface area is 227 Å². The SMILES string of the molecule is CCO[C@@H](/C=C/C(=O)Nc1ccccc1N)[C@@H](OC(=O)NC(=O)c1ccccc1)c1cc(I)ccc1O. The van der Waals surface area contributed by atoms with Gasteiger partial charge in [0.2, 0.25) is 5.91 Å². The third-order valence-electron chi connectivity index (χ3n) is 5.10. The number of aromatic hydroxyl groups is 1. The maximum Gasteiger partial charge on any atom is 0.414 e. The van der Waals surface area contributed by atoms with Crippen molar-refractivity contribution in [3.8, 4) is 5.75 Å². The highest BCUT2D eigenvalue weighted by molar-refractivity contribution is 14.1. The molecule has 37 heavy (non-hydrogen) atoms. The van der Waals surface area contributed by atoms with Crippen molar-refractivity contribution in [2.75, 3.05) is 17.7 Å². The van der Waals surface area contributed by atoms with Crippen molar-refractivity contribution in [3.63, 3.8) is 0 Å². The van der Waals surface area contributed by atoms with E-state index >= 15 is 0 Å². The first-order valence-electron chi connectivity index (χ1n) is 11.3. The number of carbonyl (C=O) groups excluding carboxylic acids is 3. The minimum Gasteiger partial charge on any atom is -0.508 e. The van der Waals surface area contributed by atoms with Crippen LogP contribution in [0.3, 0.4) is 0 Å². The van der Waals surface area contributed by atoms with Crippen molar-refractivity contribution in [1.29, 1.82) is 0 Å². The number of anilines is 2. The number of phenolic OH excluding ortho intramolecular Hbond substituents is 1. The molecule has 0 aliphatic heterocycles. The van der Waals surface area contributed by atoms with Gasteiger partial charge in [-0.1, -0.05) is 30.3 Å². The summed E-state index contributed by atoms with van der Waals surface area (Å²) in [4.78, 5) is 37.7. The largest absolute Gasteiger partial charge is 0.508 e. The van der Waals surface area contributed by atoms with E-state index < -0.39 is 30.1 Å². The molecule has 192 valence electrons. The standard InChI is InChI=1S/C27H26IN3O6/c1-2-36-23(14-15-24(33)30-21-11-7-6-10-20(21)29)25(19-16-18(28)12-13-22(19)32)37-27(35)31-26(34)17-8-4-3-5-9-17/h3-16,23,25,32H,2,29H2,1H3,(H,30,33)(H,31,34,35)/b15-14+/t23-,25-/m0/s1. The van der Waals surface area contributed by atoms with Crippen molar-refractivity contribution in [2.45, 2.75) is 19.1 Å². The summed E-state index contributed by atoms with van der Waals surface area (Å²) in [7, 11) is 0. The van der Waals surface area contributed by atoms with Crippen LogP contribution in [0.25, 0.3) is 0 Å². The Kier molecular flexibility index (Phi) is 10.0. The first kappa shape index (κ1) is 27.7. The lowest BCUT2D eigenvalue weighted by molar-refractivity contribution is -0.112. The Balaban J connectivity index is 1.85. The van der Waals surface area contributed by atoms with Crippen molar-refractivity contribution in [3.05, 3.63) is 99.6 Å². The fraction of sp³-hybridized carbons (Fsp3) is 0.148. The molecule has 3 amide bonds. The van der Waals surface area contributed by atoms with Gasteiger partial charge >= 0.3 is 6.09 Å². The van der Waals surface area contributed by atoms with Crippen LogP contribution in [0.5, 0.6) is 5.75 Å². The number of imide groups is 1. The van der Waals surface area contributed by atoms with E-state index in [0.29, 0.717) is 11.4 Å². The van der Waals surface area contributed by atoms with Crippen molar-refractivity contribution in [1.82, 2.24) is 5.32 Å². The van der Waals surface area contributed by atoms with Gasteiger partial charge in [0.25, 0.3) is 5.91 Å². The molecule has 0 spiro atoms. The number of carbonyl (C=O) groups is 3. The zero-order valence-corrected chi connectivity index (χ0v) is 22.0. The number of ether oxygens (including phenoxy) is 2. The summed E-state index contributed by atoms with van der Waals surface area (Å²) in [6.45, 7) is 1.94. The predicted molar refractivity (Wildman–Crippen MR) is 148 cm³/mol. The molecule has 0 aliphatic carbocycles. The van der Waals surface area contributed by atoms with Gasteiger partial charge in [0.05, 0.1) is 11.4 Å². The summed E-state index contributed by atoms with van der Waals surface area (Å²) in [6.07, 6.45) is -0.582. The fourth-order valence-corrected chi connectivity index (χ4v) is 3.88. The molecule has 0 unspecified atom stereocenters. The van der Waals surface area contributed by atoms with Crippen LogP contribution in [0.4, 0.5) is 16.2 Å². The second-order valence-electron chi connectivity index (χ2n) is 7.70. The van der Waals surface area contributed by atoms with Crippen LogP contribution < -0.4 is 16.4 Å². The maximum absolute atomic E-state index is 12.7. The number of hydrogen-bond donors (Lipinski definition) is 4. The van der Waals surface area contributed by atoms with E-state index in [2.05, 4.69) is 33.2 Å². The fourth-order valence-electron chi connectivity index (χ4n) is 3.36. The number of amides is 3. The molecule has 0 bridgehead atoms. The van der Waals surface area contributed by atoms with E-state index in [1.807, 2.05) is 0 Å². The summed E-state index contributed by atoms with van der Waals surface area (Å²) in [6, 6.07) is 19.7. The van der Waals surface area contributed by atoms with E-state index in [9.17, 15) is 19.5 Å². The third kappa shape index (κ3) is 8.05. The third-order valence-corrected chi connectivity index (χ3v) is 5.77. The minimum absolute atomic E-state index is 0.146. The lowest BCUT2D eigenvalue weighted by atomic mass is 10.0. The molecular weight excluding hydrogens is 589 g/mol. The number of halogens is 1. The Bertz CT molecular complexity index is 1280. The lowest BCUT2D eigenvalue weighted by Crippen LogP contribution is -2.35. The van der Waals surface area contributed by atoms with Gasteiger partial charge in [-0.2, -0.15) is 0 Å². The van der Waals surface area contributed by atoms with Crippen LogP contribution in [0.2, 0.25) is 0 Å². The van der Waals surface area contributed by atoms with Crippen LogP contribution in [0.1, 0.15) is 28.9 Å². The van der Waals surface area contributed by atoms with E-state index in [-0.39, 0.29) is 23.5 Å². The Morgan fingerprint density at radius 2 is 1.76 bits per heavy atom. The zero-order chi connectivity index (χ0) is 26.8. The summed E-state index contributed by atoms with van der Waals surface area (Å²) < 4.78 is 12.1. The van der Waals surface area contributed by atoms with Gasteiger partial charge in [0.1, 0.15) is 11.9 Å². The average Bonchev–Trinajstić information content (AvgIpc) is 2.88. The van der Waals surface area contributed by atoms with Crippen molar-refractivity contribution < 1.29 is 29.0 Å². The lowest BCUT2D eigenvalue weighted by Gasteiger charge is -2.26. The van der Waals surface area contributed by atoms with E-state index in [1.54, 1.807) is 73.7 Å². The maximum atomic E-state index is 12.7. The van der Waals surface area contributed by atoms with Gasteiger partial charge in [-0.25, -0.2) is 4.79 Å². The van der Waals surface area contributed by atoms with Crippen LogP contribution in [0, 0.1) is 3.57 Å². The van der Waals surface area contributed by atoms with Crippen molar-refractivity contribution in [2.24, 2.45) is 0 Å². The molecule has 5 N–H and O–H groups in total. The van der Waals surface area contributed by atoms with Gasteiger partial charge in [-0.3, -0.25) is 14.9 Å². The highest BCUT2D eigenvalue weighted by Crippen LogP contribution is 2.33. The van der Waals surface area contributed by atoms with Crippen LogP contribution in [-0.2, 0) is 14.3 Å². The van der Waals surface area contributed by atoms with Gasteiger partial charge in [0, 0.05) is 27.4 Å². The van der Waals surface area contributed by atoms with Crippen LogP contribution in [0.15, 0.2) is 84.9 Å². The van der Waals surface area contributed by atoms with Crippen LogP contribution in [-0.4, -0.2) is 35.7 Å². The number of para-hydroxylation sites is 2. The van der Waals surface area contributed by atoms with Crippen LogP contribution >= 0.6 is 22.6 Å². The number of nitrogens with one attached hydrogen (secondary N) is 2. The number of alkyl carbamates (subject to hydrolysis) is 1. The molecule has 3 aromatic carbocycles. The molecule has 0 heterocycles. The smallest absolute Gasteiger partial charge is 0.414 e. The molecule has 0 aliphatic rings. The number of phenols is 1. The highest BCUT2D eigenvalue weighted by Gasteiger charge is 2.29. The summed E-state index contributed by atoms with van der Waals surface area (Å²) in [5.41, 5.74) is 7.23. The Morgan fingerprint density at radius 1 is 1.05 bits per heavy atom. The summed E-state index contributed by atoms with van der Waals surface area (Å²) in [5, 5.41) is 15.4. The normalized spacial score (nSPS) is 12.5. The number of hydrogen-bond acceptors (Lipinski definition) is 7. The molecule has 0 fully saturated rings. The molecule has 3 aromatic rings. The van der Waals surface area contributed by atoms with Gasteiger partial charge in [0.15, 0.2) is 6.10 Å². The topological polar surface area (TPSA) is 140 Å². The van der Waals surface area contributed by atoms with E-state index in [0.717, 1.165) is 3.57 Å². The number of nitrogens with two attached hydrogens (primary N) is 1.